The van der Waals surface area contributed by atoms with Gasteiger partial charge in [0.25, 0.3) is 5.91 Å². The first-order valence-corrected chi connectivity index (χ1v) is 6.61. The van der Waals surface area contributed by atoms with Gasteiger partial charge in [0.1, 0.15) is 6.04 Å². The number of halogens is 2. The highest BCUT2D eigenvalue weighted by molar-refractivity contribution is 9.10. The second-order valence-corrected chi connectivity index (χ2v) is 5.07. The fourth-order valence-corrected chi connectivity index (χ4v) is 2.05. The Kier molecular flexibility index (Phi) is 5.62. The van der Waals surface area contributed by atoms with Gasteiger partial charge in [0.15, 0.2) is 0 Å². The second kappa shape index (κ2) is 6.75. The van der Waals surface area contributed by atoms with Crippen molar-refractivity contribution in [2.24, 2.45) is 0 Å². The topological polar surface area (TPSA) is 66.4 Å². The monoisotopic (exact) mass is 333 g/mol. The maximum Gasteiger partial charge on any atom is 0.326 e. The smallest absolute Gasteiger partial charge is 0.326 e. The van der Waals surface area contributed by atoms with Crippen molar-refractivity contribution in [1.29, 1.82) is 0 Å². The lowest BCUT2D eigenvalue weighted by atomic mass is 10.1. The molecule has 0 saturated carbocycles. The Bertz CT molecular complexity index is 465. The van der Waals surface area contributed by atoms with E-state index in [1.165, 1.54) is 6.07 Å². The molecule has 1 aromatic carbocycles. The summed E-state index contributed by atoms with van der Waals surface area (Å²) < 4.78 is 0.574. The van der Waals surface area contributed by atoms with E-state index in [0.717, 1.165) is 0 Å². The van der Waals surface area contributed by atoms with Gasteiger partial charge in [0.2, 0.25) is 0 Å². The van der Waals surface area contributed by atoms with Crippen LogP contribution in [0.1, 0.15) is 30.1 Å². The largest absolute Gasteiger partial charge is 0.480 e. The van der Waals surface area contributed by atoms with E-state index >= 15 is 0 Å². The van der Waals surface area contributed by atoms with Crippen molar-refractivity contribution in [3.8, 4) is 0 Å². The molecular weight excluding hydrogens is 321 g/mol. The molecule has 4 nitrogen and oxygen atoms in total. The number of aliphatic carboxylic acids is 1. The highest BCUT2D eigenvalue weighted by atomic mass is 79.9. The van der Waals surface area contributed by atoms with Crippen LogP contribution in [-0.4, -0.2) is 23.0 Å². The lowest BCUT2D eigenvalue weighted by Crippen LogP contribution is -2.40. The number of hydrogen-bond donors (Lipinski definition) is 2. The van der Waals surface area contributed by atoms with Gasteiger partial charge in [-0.1, -0.05) is 24.9 Å². The normalized spacial score (nSPS) is 11.9. The van der Waals surface area contributed by atoms with Crippen molar-refractivity contribution < 1.29 is 14.7 Å². The highest BCUT2D eigenvalue weighted by Gasteiger charge is 2.20. The minimum Gasteiger partial charge on any atom is -0.480 e. The van der Waals surface area contributed by atoms with Crippen LogP contribution in [0, 0.1) is 0 Å². The molecule has 0 saturated heterocycles. The molecule has 98 valence electrons. The van der Waals surface area contributed by atoms with Crippen molar-refractivity contribution in [3.05, 3.63) is 33.3 Å². The zero-order valence-corrected chi connectivity index (χ0v) is 12.1. The Labute approximate surface area is 118 Å². The molecule has 18 heavy (non-hydrogen) atoms. The number of rotatable bonds is 5. The summed E-state index contributed by atoms with van der Waals surface area (Å²) in [6.45, 7) is 1.86. The molecule has 6 heteroatoms. The van der Waals surface area contributed by atoms with Crippen molar-refractivity contribution in [1.82, 2.24) is 5.32 Å². The SMILES string of the molecule is CCC[C@H](NC(=O)c1cc(Cl)ccc1Br)C(=O)O. The third-order valence-electron chi connectivity index (χ3n) is 2.35. The van der Waals surface area contributed by atoms with Gasteiger partial charge in [-0.2, -0.15) is 0 Å². The number of carbonyl (C=O) groups excluding carboxylic acids is 1. The second-order valence-electron chi connectivity index (χ2n) is 3.78. The standard InChI is InChI=1S/C12H13BrClNO3/c1-2-3-10(12(17)18)15-11(16)8-6-7(14)4-5-9(8)13/h4-6,10H,2-3H2,1H3,(H,15,16)(H,17,18)/t10-/m0/s1. The molecule has 2 N–H and O–H groups in total. The summed E-state index contributed by atoms with van der Waals surface area (Å²) >= 11 is 9.03. The molecule has 0 aromatic heterocycles. The Morgan fingerprint density at radius 1 is 1.50 bits per heavy atom. The van der Waals surface area contributed by atoms with Crippen LogP contribution in [0.25, 0.3) is 0 Å². The van der Waals surface area contributed by atoms with Crippen molar-refractivity contribution >= 4 is 39.4 Å². The Morgan fingerprint density at radius 3 is 2.72 bits per heavy atom. The zero-order valence-electron chi connectivity index (χ0n) is 9.74. The molecule has 0 spiro atoms. The summed E-state index contributed by atoms with van der Waals surface area (Å²) in [7, 11) is 0. The van der Waals surface area contributed by atoms with E-state index in [0.29, 0.717) is 27.9 Å². The molecule has 1 amide bonds. The molecule has 0 aliphatic carbocycles. The van der Waals surface area contributed by atoms with Gasteiger partial charge >= 0.3 is 5.97 Å². The average Bonchev–Trinajstić information content (AvgIpc) is 2.31. The van der Waals surface area contributed by atoms with E-state index in [4.69, 9.17) is 16.7 Å². The van der Waals surface area contributed by atoms with E-state index in [1.54, 1.807) is 12.1 Å². The summed E-state index contributed by atoms with van der Waals surface area (Å²) in [5, 5.41) is 11.9. The first-order valence-electron chi connectivity index (χ1n) is 5.44. The molecule has 0 aliphatic heterocycles. The van der Waals surface area contributed by atoms with Crippen LogP contribution < -0.4 is 5.32 Å². The molecular formula is C12H13BrClNO3. The van der Waals surface area contributed by atoms with E-state index in [2.05, 4.69) is 21.2 Å². The first kappa shape index (κ1) is 15.0. The molecule has 1 atom stereocenters. The summed E-state index contributed by atoms with van der Waals surface area (Å²) in [6.07, 6.45) is 1.06. The third-order valence-corrected chi connectivity index (χ3v) is 3.28. The number of nitrogens with one attached hydrogen (secondary N) is 1. The molecule has 0 radical (unpaired) electrons. The molecule has 1 rings (SSSR count). The first-order chi connectivity index (χ1) is 8.45. The molecule has 0 heterocycles. The van der Waals surface area contributed by atoms with Crippen LogP contribution >= 0.6 is 27.5 Å². The number of carboxylic acids is 1. The number of amides is 1. The number of carboxylic acid groups (broad SMARTS) is 1. The van der Waals surface area contributed by atoms with Crippen LogP contribution in [-0.2, 0) is 4.79 Å². The lowest BCUT2D eigenvalue weighted by Gasteiger charge is -2.14. The zero-order chi connectivity index (χ0) is 13.7. The van der Waals surface area contributed by atoms with E-state index < -0.39 is 17.9 Å². The fourth-order valence-electron chi connectivity index (χ4n) is 1.45. The van der Waals surface area contributed by atoms with Crippen molar-refractivity contribution in [3.63, 3.8) is 0 Å². The van der Waals surface area contributed by atoms with Gasteiger partial charge in [-0.3, -0.25) is 4.79 Å². The van der Waals surface area contributed by atoms with Crippen LogP contribution in [0.15, 0.2) is 22.7 Å². The minimum atomic E-state index is -1.04. The summed E-state index contributed by atoms with van der Waals surface area (Å²) in [5.74, 6) is -1.49. The highest BCUT2D eigenvalue weighted by Crippen LogP contribution is 2.21. The van der Waals surface area contributed by atoms with Gasteiger partial charge in [-0.25, -0.2) is 4.79 Å². The number of carbonyl (C=O) groups is 2. The van der Waals surface area contributed by atoms with Gasteiger partial charge in [0, 0.05) is 9.50 Å². The quantitative estimate of drug-likeness (QED) is 0.869. The van der Waals surface area contributed by atoms with Crippen LogP contribution in [0.5, 0.6) is 0 Å². The average molecular weight is 335 g/mol. The molecule has 0 fully saturated rings. The maximum atomic E-state index is 11.9. The Morgan fingerprint density at radius 2 is 2.17 bits per heavy atom. The summed E-state index contributed by atoms with van der Waals surface area (Å²) in [6, 6.07) is 3.90. The molecule has 0 unspecified atom stereocenters. The van der Waals surface area contributed by atoms with Crippen LogP contribution in [0.4, 0.5) is 0 Å². The van der Waals surface area contributed by atoms with Crippen molar-refractivity contribution in [2.45, 2.75) is 25.8 Å². The predicted molar refractivity (Wildman–Crippen MR) is 73.0 cm³/mol. The van der Waals surface area contributed by atoms with Gasteiger partial charge in [0.05, 0.1) is 5.56 Å². The predicted octanol–water partition coefficient (Wildman–Crippen LogP) is 3.09. The van der Waals surface area contributed by atoms with Crippen LogP contribution in [0.2, 0.25) is 5.02 Å². The summed E-state index contributed by atoms with van der Waals surface area (Å²) in [5.41, 5.74) is 0.324. The van der Waals surface area contributed by atoms with E-state index in [-0.39, 0.29) is 0 Å². The van der Waals surface area contributed by atoms with Crippen LogP contribution in [0.3, 0.4) is 0 Å². The molecule has 0 bridgehead atoms. The van der Waals surface area contributed by atoms with Gasteiger partial charge in [-0.15, -0.1) is 0 Å². The van der Waals surface area contributed by atoms with E-state index in [1.807, 2.05) is 6.92 Å². The van der Waals surface area contributed by atoms with E-state index in [9.17, 15) is 9.59 Å². The summed E-state index contributed by atoms with van der Waals surface area (Å²) in [4.78, 5) is 22.9. The third kappa shape index (κ3) is 3.99. The van der Waals surface area contributed by atoms with Crippen molar-refractivity contribution in [2.75, 3.05) is 0 Å². The minimum absolute atomic E-state index is 0.324. The number of hydrogen-bond acceptors (Lipinski definition) is 2. The Balaban J connectivity index is 2.86. The van der Waals surface area contributed by atoms with Gasteiger partial charge in [-0.05, 0) is 40.5 Å². The maximum absolute atomic E-state index is 11.9. The molecule has 1 aromatic rings. The number of benzene rings is 1. The fraction of sp³-hybridized carbons (Fsp3) is 0.333. The lowest BCUT2D eigenvalue weighted by molar-refractivity contribution is -0.139. The molecule has 0 aliphatic rings. The van der Waals surface area contributed by atoms with Gasteiger partial charge < -0.3 is 10.4 Å². The Hall–Kier alpha value is -1.07.